The molecule has 1 saturated heterocycles. The number of amides is 1. The Morgan fingerprint density at radius 1 is 1.00 bits per heavy atom. The van der Waals surface area contributed by atoms with Crippen LogP contribution in [0, 0.1) is 0 Å². The Hall–Kier alpha value is -2.55. The van der Waals surface area contributed by atoms with Gasteiger partial charge in [-0.25, -0.2) is 4.79 Å². The molecule has 0 aromatic heterocycles. The van der Waals surface area contributed by atoms with Crippen molar-refractivity contribution in [3.05, 3.63) is 77.5 Å². The SMILES string of the molecule is CC(C)N1C(=O)OC(C)(c2ccccc2)/C1=C/c1ccccc1. The summed E-state index contributed by atoms with van der Waals surface area (Å²) in [6.07, 6.45) is 1.74. The van der Waals surface area contributed by atoms with E-state index in [1.807, 2.05) is 87.5 Å². The summed E-state index contributed by atoms with van der Waals surface area (Å²) in [6, 6.07) is 19.9. The van der Waals surface area contributed by atoms with E-state index in [0.29, 0.717) is 0 Å². The van der Waals surface area contributed by atoms with Gasteiger partial charge in [-0.05, 0) is 32.4 Å². The van der Waals surface area contributed by atoms with E-state index < -0.39 is 5.60 Å². The second-order valence-electron chi connectivity index (χ2n) is 6.17. The summed E-state index contributed by atoms with van der Waals surface area (Å²) < 4.78 is 5.81. The molecule has 2 aromatic rings. The van der Waals surface area contributed by atoms with Crippen molar-refractivity contribution in [2.24, 2.45) is 0 Å². The van der Waals surface area contributed by atoms with Crippen molar-refractivity contribution in [3.63, 3.8) is 0 Å². The van der Waals surface area contributed by atoms with Gasteiger partial charge < -0.3 is 4.74 Å². The monoisotopic (exact) mass is 307 g/mol. The first-order valence-electron chi connectivity index (χ1n) is 7.87. The maximum absolute atomic E-state index is 12.5. The summed E-state index contributed by atoms with van der Waals surface area (Å²) in [7, 11) is 0. The zero-order chi connectivity index (χ0) is 16.4. The number of hydrogen-bond acceptors (Lipinski definition) is 2. The Morgan fingerprint density at radius 3 is 2.13 bits per heavy atom. The van der Waals surface area contributed by atoms with Gasteiger partial charge in [-0.1, -0.05) is 60.7 Å². The minimum atomic E-state index is -0.779. The van der Waals surface area contributed by atoms with Crippen molar-refractivity contribution in [2.75, 3.05) is 0 Å². The molecule has 1 aliphatic heterocycles. The molecule has 3 heteroatoms. The smallest absolute Gasteiger partial charge is 0.415 e. The lowest BCUT2D eigenvalue weighted by molar-refractivity contribution is 0.0795. The van der Waals surface area contributed by atoms with Crippen molar-refractivity contribution in [1.29, 1.82) is 0 Å². The lowest BCUT2D eigenvalue weighted by atomic mass is 9.90. The van der Waals surface area contributed by atoms with Gasteiger partial charge >= 0.3 is 6.09 Å². The fourth-order valence-electron chi connectivity index (χ4n) is 2.97. The number of cyclic esters (lactones) is 1. The summed E-state index contributed by atoms with van der Waals surface area (Å²) in [6.45, 7) is 5.95. The van der Waals surface area contributed by atoms with E-state index in [1.54, 1.807) is 4.90 Å². The predicted molar refractivity (Wildman–Crippen MR) is 91.7 cm³/mol. The molecule has 3 nitrogen and oxygen atoms in total. The largest absolute Gasteiger partial charge is 0.431 e. The highest BCUT2D eigenvalue weighted by Gasteiger charge is 2.48. The summed E-state index contributed by atoms with van der Waals surface area (Å²) in [4.78, 5) is 14.2. The predicted octanol–water partition coefficient (Wildman–Crippen LogP) is 4.80. The van der Waals surface area contributed by atoms with Crippen LogP contribution in [0.1, 0.15) is 31.9 Å². The Balaban J connectivity index is 2.15. The van der Waals surface area contributed by atoms with Crippen molar-refractivity contribution in [3.8, 4) is 0 Å². The number of carbonyl (C=O) groups is 1. The van der Waals surface area contributed by atoms with E-state index >= 15 is 0 Å². The minimum absolute atomic E-state index is 0.0306. The maximum Gasteiger partial charge on any atom is 0.415 e. The van der Waals surface area contributed by atoms with Crippen LogP contribution in [0.2, 0.25) is 0 Å². The van der Waals surface area contributed by atoms with E-state index in [9.17, 15) is 4.79 Å². The normalized spacial score (nSPS) is 22.7. The van der Waals surface area contributed by atoms with Crippen molar-refractivity contribution >= 4 is 12.2 Å². The van der Waals surface area contributed by atoms with Gasteiger partial charge in [0, 0.05) is 11.6 Å². The molecule has 1 amide bonds. The molecular formula is C20H21NO2. The molecule has 23 heavy (non-hydrogen) atoms. The van der Waals surface area contributed by atoms with Gasteiger partial charge in [-0.3, -0.25) is 4.90 Å². The summed E-state index contributed by atoms with van der Waals surface area (Å²) in [5.41, 5.74) is 2.11. The zero-order valence-electron chi connectivity index (χ0n) is 13.7. The lowest BCUT2D eigenvalue weighted by Gasteiger charge is -2.27. The number of nitrogens with zero attached hydrogens (tertiary/aromatic N) is 1. The van der Waals surface area contributed by atoms with Gasteiger partial charge in [0.2, 0.25) is 0 Å². The van der Waals surface area contributed by atoms with Crippen LogP contribution in [-0.2, 0) is 10.3 Å². The Kier molecular flexibility index (Phi) is 3.95. The van der Waals surface area contributed by atoms with E-state index in [0.717, 1.165) is 16.8 Å². The van der Waals surface area contributed by atoms with Gasteiger partial charge in [0.1, 0.15) is 0 Å². The van der Waals surface area contributed by atoms with Crippen LogP contribution >= 0.6 is 0 Å². The van der Waals surface area contributed by atoms with Gasteiger partial charge in [0.25, 0.3) is 0 Å². The van der Waals surface area contributed by atoms with Crippen LogP contribution in [0.15, 0.2) is 66.4 Å². The summed E-state index contributed by atoms with van der Waals surface area (Å²) >= 11 is 0. The topological polar surface area (TPSA) is 29.5 Å². The first-order valence-corrected chi connectivity index (χ1v) is 7.87. The lowest BCUT2D eigenvalue weighted by Crippen LogP contribution is -2.32. The quantitative estimate of drug-likeness (QED) is 0.815. The molecule has 1 atom stereocenters. The average Bonchev–Trinajstić information content (AvgIpc) is 2.81. The van der Waals surface area contributed by atoms with Crippen LogP contribution in [0.5, 0.6) is 0 Å². The molecule has 3 rings (SSSR count). The zero-order valence-corrected chi connectivity index (χ0v) is 13.7. The van der Waals surface area contributed by atoms with Crippen LogP contribution < -0.4 is 0 Å². The molecule has 0 spiro atoms. The standard InChI is InChI=1S/C20H21NO2/c1-15(2)21-18(14-16-10-6-4-7-11-16)20(3,23-19(21)22)17-12-8-5-9-13-17/h4-15H,1-3H3/b18-14-. The third-order valence-electron chi connectivity index (χ3n) is 4.18. The van der Waals surface area contributed by atoms with E-state index in [1.165, 1.54) is 0 Å². The second kappa shape index (κ2) is 5.92. The van der Waals surface area contributed by atoms with Crippen LogP contribution in [0.4, 0.5) is 4.79 Å². The maximum atomic E-state index is 12.5. The molecule has 118 valence electrons. The van der Waals surface area contributed by atoms with Gasteiger partial charge in [-0.2, -0.15) is 0 Å². The van der Waals surface area contributed by atoms with Gasteiger partial charge in [0.15, 0.2) is 5.60 Å². The number of carbonyl (C=O) groups excluding carboxylic acids is 1. The van der Waals surface area contributed by atoms with Crippen molar-refractivity contribution in [2.45, 2.75) is 32.4 Å². The van der Waals surface area contributed by atoms with Gasteiger partial charge in [0.05, 0.1) is 5.70 Å². The molecule has 0 saturated carbocycles. The third-order valence-corrected chi connectivity index (χ3v) is 4.18. The molecule has 0 radical (unpaired) electrons. The number of benzene rings is 2. The highest BCUT2D eigenvalue weighted by atomic mass is 16.6. The van der Waals surface area contributed by atoms with Crippen molar-refractivity contribution < 1.29 is 9.53 Å². The average molecular weight is 307 g/mol. The van der Waals surface area contributed by atoms with E-state index in [-0.39, 0.29) is 12.1 Å². The molecule has 0 N–H and O–H groups in total. The van der Waals surface area contributed by atoms with E-state index in [4.69, 9.17) is 4.74 Å². The van der Waals surface area contributed by atoms with E-state index in [2.05, 4.69) is 0 Å². The molecule has 1 unspecified atom stereocenters. The fraction of sp³-hybridized carbons (Fsp3) is 0.250. The van der Waals surface area contributed by atoms with Crippen LogP contribution in [-0.4, -0.2) is 17.0 Å². The molecule has 1 heterocycles. The van der Waals surface area contributed by atoms with Crippen molar-refractivity contribution in [1.82, 2.24) is 4.90 Å². The third kappa shape index (κ3) is 2.74. The first-order chi connectivity index (χ1) is 11.0. The molecule has 1 fully saturated rings. The number of rotatable bonds is 3. The van der Waals surface area contributed by atoms with Crippen LogP contribution in [0.25, 0.3) is 6.08 Å². The minimum Gasteiger partial charge on any atom is -0.431 e. The first kappa shape index (κ1) is 15.3. The summed E-state index contributed by atoms with van der Waals surface area (Å²) in [5, 5.41) is 0. The highest BCUT2D eigenvalue weighted by molar-refractivity contribution is 5.79. The number of ether oxygens (including phenoxy) is 1. The summed E-state index contributed by atoms with van der Waals surface area (Å²) in [5.74, 6) is 0. The fourth-order valence-corrected chi connectivity index (χ4v) is 2.97. The molecule has 0 bridgehead atoms. The second-order valence-corrected chi connectivity index (χ2v) is 6.17. The molecule has 2 aromatic carbocycles. The Labute approximate surface area is 137 Å². The molecular weight excluding hydrogens is 286 g/mol. The van der Waals surface area contributed by atoms with Crippen LogP contribution in [0.3, 0.4) is 0 Å². The molecule has 1 aliphatic rings. The molecule has 0 aliphatic carbocycles. The number of hydrogen-bond donors (Lipinski definition) is 0. The Bertz CT molecular complexity index is 722. The Morgan fingerprint density at radius 2 is 1.57 bits per heavy atom. The highest BCUT2D eigenvalue weighted by Crippen LogP contribution is 2.43. The van der Waals surface area contributed by atoms with Gasteiger partial charge in [-0.15, -0.1) is 0 Å².